The fourth-order valence-corrected chi connectivity index (χ4v) is 3.13. The summed E-state index contributed by atoms with van der Waals surface area (Å²) in [6.45, 7) is 1.88. The highest BCUT2D eigenvalue weighted by Gasteiger charge is 2.22. The Balaban J connectivity index is 2.49. The molecule has 2 aromatic rings. The second kappa shape index (κ2) is 5.30. The smallest absolute Gasteiger partial charge is 0.266 e. The molecule has 0 amide bonds. The number of nitrogens with one attached hydrogen (secondary N) is 1. The van der Waals surface area contributed by atoms with E-state index in [9.17, 15) is 13.2 Å². The largest absolute Gasteiger partial charge is 0.326 e. The molecule has 0 bridgehead atoms. The van der Waals surface area contributed by atoms with Gasteiger partial charge in [-0.25, -0.2) is 8.42 Å². The maximum absolute atomic E-state index is 12.5. The summed E-state index contributed by atoms with van der Waals surface area (Å²) in [5, 5.41) is -0.163. The summed E-state index contributed by atoms with van der Waals surface area (Å²) in [5.41, 5.74) is 0.959. The predicted octanol–water partition coefficient (Wildman–Crippen LogP) is 2.16. The lowest BCUT2D eigenvalue weighted by Gasteiger charge is -2.19. The molecule has 5 nitrogen and oxygen atoms in total. The molecule has 0 aliphatic rings. The van der Waals surface area contributed by atoms with Gasteiger partial charge in [0.1, 0.15) is 9.92 Å². The molecule has 20 heavy (non-hydrogen) atoms. The number of pyridine rings is 1. The Morgan fingerprint density at radius 2 is 1.95 bits per heavy atom. The molecule has 2 rings (SSSR count). The first-order chi connectivity index (χ1) is 9.32. The summed E-state index contributed by atoms with van der Waals surface area (Å²) in [4.78, 5) is 13.4. The van der Waals surface area contributed by atoms with Crippen LogP contribution in [0.2, 0.25) is 5.02 Å². The lowest BCUT2D eigenvalue weighted by atomic mass is 10.2. The minimum absolute atomic E-state index is 0.0638. The van der Waals surface area contributed by atoms with E-state index in [2.05, 4.69) is 4.98 Å². The van der Waals surface area contributed by atoms with Gasteiger partial charge in [-0.2, -0.15) is 0 Å². The molecule has 106 valence electrons. The fourth-order valence-electron chi connectivity index (χ4n) is 1.71. The zero-order valence-electron chi connectivity index (χ0n) is 10.9. The number of aromatic nitrogens is 1. The number of rotatable bonds is 3. The standard InChI is InChI=1S/C13H13ClN2O3S/c1-9-4-3-5-10(6-9)16(2)20(18,19)11-7-12(14)13(17)15-8-11/h3-8H,1-2H3,(H,15,17). The molecule has 0 fully saturated rings. The quantitative estimate of drug-likeness (QED) is 0.944. The first kappa shape index (κ1) is 14.6. The minimum Gasteiger partial charge on any atom is -0.326 e. The van der Waals surface area contributed by atoms with Crippen molar-refractivity contribution in [2.45, 2.75) is 11.8 Å². The van der Waals surface area contributed by atoms with Gasteiger partial charge in [0.2, 0.25) is 0 Å². The maximum Gasteiger partial charge on any atom is 0.266 e. The average molecular weight is 313 g/mol. The number of benzene rings is 1. The number of H-pyrrole nitrogens is 1. The Hall–Kier alpha value is -1.79. The third-order valence-corrected chi connectivity index (χ3v) is 4.90. The van der Waals surface area contributed by atoms with Crippen molar-refractivity contribution in [3.63, 3.8) is 0 Å². The van der Waals surface area contributed by atoms with E-state index in [0.29, 0.717) is 5.69 Å². The van der Waals surface area contributed by atoms with Crippen LogP contribution in [-0.4, -0.2) is 20.4 Å². The van der Waals surface area contributed by atoms with E-state index in [1.807, 2.05) is 13.0 Å². The van der Waals surface area contributed by atoms with E-state index >= 15 is 0 Å². The van der Waals surface area contributed by atoms with Crippen LogP contribution in [0.5, 0.6) is 0 Å². The van der Waals surface area contributed by atoms with Gasteiger partial charge < -0.3 is 4.98 Å². The predicted molar refractivity (Wildman–Crippen MR) is 78.8 cm³/mol. The molecule has 0 aliphatic carbocycles. The molecule has 0 aliphatic heterocycles. The summed E-state index contributed by atoms with van der Waals surface area (Å²) < 4.78 is 26.0. The van der Waals surface area contributed by atoms with E-state index in [1.165, 1.54) is 7.05 Å². The van der Waals surface area contributed by atoms with Gasteiger partial charge in [-0.05, 0) is 30.7 Å². The SMILES string of the molecule is Cc1cccc(N(C)S(=O)(=O)c2c[nH]c(=O)c(Cl)c2)c1. The Bertz CT molecular complexity index is 799. The molecule has 0 atom stereocenters. The number of halogens is 1. The van der Waals surface area contributed by atoms with Crippen molar-refractivity contribution in [2.24, 2.45) is 0 Å². The number of nitrogens with zero attached hydrogens (tertiary/aromatic N) is 1. The van der Waals surface area contributed by atoms with Crippen LogP contribution < -0.4 is 9.86 Å². The van der Waals surface area contributed by atoms with Gasteiger partial charge in [0.25, 0.3) is 15.6 Å². The van der Waals surface area contributed by atoms with Crippen molar-refractivity contribution >= 4 is 27.3 Å². The van der Waals surface area contributed by atoms with E-state index in [-0.39, 0.29) is 9.92 Å². The summed E-state index contributed by atoms with van der Waals surface area (Å²) >= 11 is 5.67. The lowest BCUT2D eigenvalue weighted by Crippen LogP contribution is -2.27. The molecule has 1 N–H and O–H groups in total. The van der Waals surface area contributed by atoms with Crippen molar-refractivity contribution in [1.29, 1.82) is 0 Å². The van der Waals surface area contributed by atoms with Gasteiger partial charge in [0.05, 0.1) is 5.69 Å². The van der Waals surface area contributed by atoms with Gasteiger partial charge >= 0.3 is 0 Å². The zero-order chi connectivity index (χ0) is 14.9. The molecule has 0 radical (unpaired) electrons. The highest BCUT2D eigenvalue weighted by Crippen LogP contribution is 2.22. The van der Waals surface area contributed by atoms with E-state index in [0.717, 1.165) is 22.1 Å². The number of aromatic amines is 1. The molecule has 0 saturated carbocycles. The van der Waals surface area contributed by atoms with Gasteiger partial charge in [-0.15, -0.1) is 0 Å². The molecule has 1 heterocycles. The lowest BCUT2D eigenvalue weighted by molar-refractivity contribution is 0.594. The molecule has 0 unspecified atom stereocenters. The van der Waals surface area contributed by atoms with Crippen LogP contribution in [-0.2, 0) is 10.0 Å². The van der Waals surface area contributed by atoms with E-state index < -0.39 is 15.6 Å². The summed E-state index contributed by atoms with van der Waals surface area (Å²) in [6.07, 6.45) is 1.13. The van der Waals surface area contributed by atoms with Gasteiger partial charge in [-0.3, -0.25) is 9.10 Å². The fraction of sp³-hybridized carbons (Fsp3) is 0.154. The van der Waals surface area contributed by atoms with Crippen LogP contribution in [0, 0.1) is 6.92 Å². The number of aryl methyl sites for hydroxylation is 1. The van der Waals surface area contributed by atoms with E-state index in [1.54, 1.807) is 18.2 Å². The third kappa shape index (κ3) is 2.71. The summed E-state index contributed by atoms with van der Waals surface area (Å²) in [7, 11) is -2.32. The highest BCUT2D eigenvalue weighted by atomic mass is 35.5. The zero-order valence-corrected chi connectivity index (χ0v) is 12.5. The molecular weight excluding hydrogens is 300 g/mol. The van der Waals surface area contributed by atoms with E-state index in [4.69, 9.17) is 11.6 Å². The number of hydrogen-bond acceptors (Lipinski definition) is 3. The first-order valence-corrected chi connectivity index (χ1v) is 7.58. The van der Waals surface area contributed by atoms with Crippen molar-refractivity contribution in [3.8, 4) is 0 Å². The van der Waals surface area contributed by atoms with Crippen LogP contribution in [0.1, 0.15) is 5.56 Å². The topological polar surface area (TPSA) is 70.2 Å². The molecular formula is C13H13ClN2O3S. The molecule has 1 aromatic heterocycles. The molecule has 1 aromatic carbocycles. The van der Waals surface area contributed by atoms with Crippen LogP contribution in [0.4, 0.5) is 5.69 Å². The van der Waals surface area contributed by atoms with Crippen molar-refractivity contribution in [3.05, 3.63) is 57.5 Å². The van der Waals surface area contributed by atoms with Gasteiger partial charge in [-0.1, -0.05) is 23.7 Å². The Morgan fingerprint density at radius 1 is 1.25 bits per heavy atom. The Morgan fingerprint density at radius 3 is 2.55 bits per heavy atom. The van der Waals surface area contributed by atoms with Gasteiger partial charge in [0, 0.05) is 13.2 Å². The summed E-state index contributed by atoms with van der Waals surface area (Å²) in [6, 6.07) is 8.24. The van der Waals surface area contributed by atoms with Crippen LogP contribution >= 0.6 is 11.6 Å². The molecule has 0 spiro atoms. The van der Waals surface area contributed by atoms with Crippen molar-refractivity contribution < 1.29 is 8.42 Å². The van der Waals surface area contributed by atoms with Crippen LogP contribution in [0.3, 0.4) is 0 Å². The van der Waals surface area contributed by atoms with Gasteiger partial charge in [0.15, 0.2) is 0 Å². The van der Waals surface area contributed by atoms with Crippen molar-refractivity contribution in [2.75, 3.05) is 11.4 Å². The molecule has 7 heteroatoms. The second-order valence-corrected chi connectivity index (χ2v) is 6.70. The summed E-state index contributed by atoms with van der Waals surface area (Å²) in [5.74, 6) is 0. The van der Waals surface area contributed by atoms with Crippen LogP contribution in [0.25, 0.3) is 0 Å². The highest BCUT2D eigenvalue weighted by molar-refractivity contribution is 7.92. The Kier molecular flexibility index (Phi) is 3.87. The minimum atomic E-state index is -3.77. The number of hydrogen-bond donors (Lipinski definition) is 1. The van der Waals surface area contributed by atoms with Crippen molar-refractivity contribution in [1.82, 2.24) is 4.98 Å². The number of anilines is 1. The number of sulfonamides is 1. The van der Waals surface area contributed by atoms with Crippen LogP contribution in [0.15, 0.2) is 46.2 Å². The third-order valence-electron chi connectivity index (χ3n) is 2.86. The maximum atomic E-state index is 12.5. The first-order valence-electron chi connectivity index (χ1n) is 5.76. The Labute approximate surface area is 121 Å². The molecule has 0 saturated heterocycles. The average Bonchev–Trinajstić information content (AvgIpc) is 2.40. The normalized spacial score (nSPS) is 11.3. The monoisotopic (exact) mass is 312 g/mol. The second-order valence-electron chi connectivity index (χ2n) is 4.32.